The Morgan fingerprint density at radius 1 is 1.23 bits per heavy atom. The van der Waals surface area contributed by atoms with E-state index in [0.717, 1.165) is 12.1 Å². The third-order valence-corrected chi connectivity index (χ3v) is 1.03. The van der Waals surface area contributed by atoms with Gasteiger partial charge in [-0.15, -0.1) is 12.4 Å². The summed E-state index contributed by atoms with van der Waals surface area (Å²) in [6.45, 7) is 0. The second kappa shape index (κ2) is 7.40. The Morgan fingerprint density at radius 2 is 1.77 bits per heavy atom. The molecule has 0 aliphatic heterocycles. The minimum Gasteiger partial charge on any atom is -1.00 e. The molecule has 0 fully saturated rings. The zero-order valence-corrected chi connectivity index (χ0v) is 8.67. The van der Waals surface area contributed by atoms with E-state index in [-0.39, 0.29) is 40.2 Å². The Labute approximate surface area is 95.4 Å². The molecule has 0 amide bonds. The summed E-state index contributed by atoms with van der Waals surface area (Å²) in [4.78, 5) is 0. The van der Waals surface area contributed by atoms with E-state index in [0.29, 0.717) is 0 Å². The first-order chi connectivity index (χ1) is 4.61. The molecule has 0 radical (unpaired) electrons. The predicted octanol–water partition coefficient (Wildman–Crippen LogP) is -0.449. The number of hydrogen-bond donors (Lipinski definition) is 0. The summed E-state index contributed by atoms with van der Waals surface area (Å²) in [5.41, 5.74) is -0.657. The zero-order chi connectivity index (χ0) is 7.61. The molecule has 0 aliphatic rings. The van der Waals surface area contributed by atoms with Gasteiger partial charge in [0.15, 0.2) is 0 Å². The molecule has 0 aromatic heterocycles. The Bertz CT molecular complexity index is 211. The van der Waals surface area contributed by atoms with Crippen molar-refractivity contribution in [3.05, 3.63) is 35.9 Å². The summed E-state index contributed by atoms with van der Waals surface area (Å²) in [5.74, 6) is 0. The van der Waals surface area contributed by atoms with Crippen molar-refractivity contribution in [2.45, 2.75) is 6.18 Å². The first kappa shape index (κ1) is 18.7. The molecule has 0 aliphatic carbocycles. The first-order valence-corrected chi connectivity index (χ1v) is 2.64. The van der Waals surface area contributed by atoms with Gasteiger partial charge in [0.25, 0.3) is 0 Å². The Balaban J connectivity index is -0.000000333. The SMILES string of the molecule is Cl.FC(F)(F)c1c[c-]ccc1.[F-].[Mg+2]. The second-order valence-electron chi connectivity index (χ2n) is 1.79. The van der Waals surface area contributed by atoms with Crippen LogP contribution in [0.4, 0.5) is 13.2 Å². The van der Waals surface area contributed by atoms with E-state index in [9.17, 15) is 13.2 Å². The van der Waals surface area contributed by atoms with Crippen LogP contribution >= 0.6 is 12.4 Å². The van der Waals surface area contributed by atoms with Gasteiger partial charge in [-0.05, 0) is 0 Å². The average molecular weight is 225 g/mol. The zero-order valence-electron chi connectivity index (χ0n) is 6.44. The van der Waals surface area contributed by atoms with Gasteiger partial charge in [0.1, 0.15) is 0 Å². The van der Waals surface area contributed by atoms with E-state index in [4.69, 9.17) is 0 Å². The van der Waals surface area contributed by atoms with Crippen molar-refractivity contribution in [2.75, 3.05) is 0 Å². The topological polar surface area (TPSA) is 0 Å². The summed E-state index contributed by atoms with van der Waals surface area (Å²) in [6.07, 6.45) is -4.24. The van der Waals surface area contributed by atoms with Crippen LogP contribution in [-0.2, 0) is 6.18 Å². The van der Waals surface area contributed by atoms with Crippen LogP contribution in [0.5, 0.6) is 0 Å². The molecule has 0 N–H and O–H groups in total. The molecular weight excluding hydrogens is 220 g/mol. The minimum atomic E-state index is -4.24. The van der Waals surface area contributed by atoms with Crippen LogP contribution in [0.1, 0.15) is 5.56 Å². The molecule has 70 valence electrons. The molecule has 0 saturated heterocycles. The number of alkyl halides is 3. The van der Waals surface area contributed by atoms with Gasteiger partial charge in [0.05, 0.1) is 0 Å². The third kappa shape index (κ3) is 6.12. The van der Waals surface area contributed by atoms with Crippen LogP contribution in [0.3, 0.4) is 0 Å². The minimum absolute atomic E-state index is 0. The molecular formula is C7H5ClF4Mg. The van der Waals surface area contributed by atoms with Crippen molar-refractivity contribution >= 4 is 35.5 Å². The third-order valence-electron chi connectivity index (χ3n) is 1.03. The first-order valence-electron chi connectivity index (χ1n) is 2.64. The summed E-state index contributed by atoms with van der Waals surface area (Å²) >= 11 is 0. The fourth-order valence-electron chi connectivity index (χ4n) is 0.570. The van der Waals surface area contributed by atoms with E-state index in [1.165, 1.54) is 12.1 Å². The summed E-state index contributed by atoms with van der Waals surface area (Å²) < 4.78 is 35.3. The molecule has 0 nitrogen and oxygen atoms in total. The van der Waals surface area contributed by atoms with Crippen molar-refractivity contribution in [2.24, 2.45) is 0 Å². The van der Waals surface area contributed by atoms with Gasteiger partial charge in [-0.25, -0.2) is 0 Å². The summed E-state index contributed by atoms with van der Waals surface area (Å²) in [5, 5.41) is 0. The number of hydrogen-bond acceptors (Lipinski definition) is 0. The molecule has 0 spiro atoms. The molecule has 0 heterocycles. The van der Waals surface area contributed by atoms with Gasteiger partial charge < -0.3 is 4.70 Å². The quantitative estimate of drug-likeness (QED) is 0.318. The molecule has 0 saturated carbocycles. The molecule has 0 unspecified atom stereocenters. The Morgan fingerprint density at radius 3 is 2.00 bits per heavy atom. The largest absolute Gasteiger partial charge is 2.00 e. The molecule has 1 aromatic rings. The van der Waals surface area contributed by atoms with Crippen LogP contribution < -0.4 is 4.70 Å². The fraction of sp³-hybridized carbons (Fsp3) is 0.143. The molecule has 6 heteroatoms. The van der Waals surface area contributed by atoms with Crippen molar-refractivity contribution in [1.29, 1.82) is 0 Å². The number of benzene rings is 1. The van der Waals surface area contributed by atoms with Gasteiger partial charge in [-0.1, -0.05) is 5.56 Å². The van der Waals surface area contributed by atoms with E-state index in [1.54, 1.807) is 0 Å². The standard InChI is InChI=1S/C7H4F3.ClH.FH.Mg/c8-7(9,10)6-4-2-1-3-5-6;;;/h1-2,4-5H;2*1H;/q-1;;;+2/p-1. The maximum atomic E-state index is 11.8. The summed E-state index contributed by atoms with van der Waals surface area (Å²) in [6, 6.07) is 7.01. The van der Waals surface area contributed by atoms with Gasteiger partial charge in [-0.2, -0.15) is 43.5 Å². The average Bonchev–Trinajstić information content (AvgIpc) is 1.88. The van der Waals surface area contributed by atoms with Crippen LogP contribution in [0, 0.1) is 6.07 Å². The van der Waals surface area contributed by atoms with Crippen LogP contribution in [0.25, 0.3) is 0 Å². The summed E-state index contributed by atoms with van der Waals surface area (Å²) in [7, 11) is 0. The number of halogens is 5. The van der Waals surface area contributed by atoms with Crippen molar-refractivity contribution < 1.29 is 17.9 Å². The second-order valence-corrected chi connectivity index (χ2v) is 1.79. The van der Waals surface area contributed by atoms with Crippen molar-refractivity contribution in [1.82, 2.24) is 0 Å². The molecule has 13 heavy (non-hydrogen) atoms. The molecule has 0 bridgehead atoms. The monoisotopic (exact) mass is 224 g/mol. The Kier molecular flexibility index (Phi) is 10.7. The van der Waals surface area contributed by atoms with Crippen LogP contribution in [-0.4, -0.2) is 23.1 Å². The van der Waals surface area contributed by atoms with E-state index >= 15 is 0 Å². The van der Waals surface area contributed by atoms with Crippen LogP contribution in [0.2, 0.25) is 0 Å². The molecule has 1 aromatic carbocycles. The fourth-order valence-corrected chi connectivity index (χ4v) is 0.570. The normalized spacial score (nSPS) is 8.85. The predicted molar refractivity (Wildman–Crippen MR) is 43.3 cm³/mol. The van der Waals surface area contributed by atoms with Crippen molar-refractivity contribution in [3.8, 4) is 0 Å². The van der Waals surface area contributed by atoms with Gasteiger partial charge in [-0.3, -0.25) is 0 Å². The van der Waals surface area contributed by atoms with E-state index < -0.39 is 11.7 Å². The van der Waals surface area contributed by atoms with E-state index in [2.05, 4.69) is 6.07 Å². The smallest absolute Gasteiger partial charge is 1.00 e. The maximum Gasteiger partial charge on any atom is 2.00 e. The number of rotatable bonds is 0. The maximum absolute atomic E-state index is 11.8. The molecule has 0 atom stereocenters. The van der Waals surface area contributed by atoms with Crippen molar-refractivity contribution in [3.63, 3.8) is 0 Å². The Hall–Kier alpha value is -0.00377. The molecule has 1 rings (SSSR count). The van der Waals surface area contributed by atoms with E-state index in [1.807, 2.05) is 0 Å². The van der Waals surface area contributed by atoms with Crippen LogP contribution in [0.15, 0.2) is 24.3 Å². The van der Waals surface area contributed by atoms with Gasteiger partial charge in [0.2, 0.25) is 0 Å². The van der Waals surface area contributed by atoms with Gasteiger partial charge >= 0.3 is 29.2 Å². The van der Waals surface area contributed by atoms with Gasteiger partial charge in [0, 0.05) is 0 Å².